The number of halogens is 2. The zero-order chi connectivity index (χ0) is 107. The minimum atomic E-state index is -1.05. The van der Waals surface area contributed by atoms with Crippen molar-refractivity contribution in [3.05, 3.63) is 210 Å². The van der Waals surface area contributed by atoms with Crippen molar-refractivity contribution in [2.24, 2.45) is 23.7 Å². The van der Waals surface area contributed by atoms with Crippen LogP contribution in [0.4, 0.5) is 0 Å². The quantitative estimate of drug-likeness (QED) is 0.00606. The zero-order valence-electron chi connectivity index (χ0n) is 84.8. The van der Waals surface area contributed by atoms with Gasteiger partial charge in [-0.3, -0.25) is 86.1 Å². The fourth-order valence-electron chi connectivity index (χ4n) is 16.2. The van der Waals surface area contributed by atoms with Gasteiger partial charge >= 0.3 is 34.1 Å². The summed E-state index contributed by atoms with van der Waals surface area (Å²) in [6.45, 7) is 41.1. The maximum atomic E-state index is 12.3. The van der Waals surface area contributed by atoms with E-state index in [4.69, 9.17) is 88.1 Å². The van der Waals surface area contributed by atoms with Crippen LogP contribution >= 0.6 is 95.0 Å². The molecule has 3 unspecified atom stereocenters. The average Bonchev–Trinajstić information content (AvgIpc) is 1.68. The van der Waals surface area contributed by atoms with Gasteiger partial charge in [0.25, 0.3) is 33.4 Å². The van der Waals surface area contributed by atoms with E-state index in [0.29, 0.717) is 72.3 Å². The normalized spacial score (nSPS) is 27.1. The minimum Gasteiger partial charge on any atom is -0.394 e. The SMILES string of the molecule is CC#N.CC(C)N(C)P(OCCC#N)N(C(C)C)C(C)C.CC[C@H]1O[C@@H](n2ccc(=O)[nH]c2=O)[C@H](OC)[C@@H]1C.CO[C@@H]1[C@H](C)[C@@H](CI)O[C@H]1n1ccc(=O)[nH]c1=O.CO[C@@H]1[C@H](C)[C@@H](CS)O[C@H]1n1ccc(=O)[nH]c1=O.CO[C@@H]1[C@H](O)[C@@H](CI)O[C@H]1n1ccc(=O)[nH]c1=O.CO[C@@H]1[C@H](O)[C@@H](CO)O[C@H]1n1ccc(=O)[nH]c1=O.P.[C-]#[N+]CCOP(SC[C@H]1O[C@@H](n2ccc(=O)[nH]c2=O)[C@H](OC)[C@@H]1C)N(C(C)C)C(C)C. The number of methoxy groups -OCH3 is 6. The summed E-state index contributed by atoms with van der Waals surface area (Å²) in [7, 11) is 9.51. The lowest BCUT2D eigenvalue weighted by Gasteiger charge is -2.42. The van der Waals surface area contributed by atoms with Crippen LogP contribution in [0, 0.1) is 52.9 Å². The van der Waals surface area contributed by atoms with E-state index >= 15 is 0 Å². The minimum absolute atomic E-state index is 0. The van der Waals surface area contributed by atoms with Crippen LogP contribution in [0.2, 0.25) is 0 Å². The van der Waals surface area contributed by atoms with Crippen LogP contribution in [0.3, 0.4) is 0 Å². The van der Waals surface area contributed by atoms with Crippen molar-refractivity contribution in [1.82, 2.24) is 71.3 Å². The van der Waals surface area contributed by atoms with Gasteiger partial charge < -0.3 is 86.1 Å². The molecule has 6 aliphatic heterocycles. The van der Waals surface area contributed by atoms with Gasteiger partial charge in [-0.15, -0.1) is 0 Å². The zero-order valence-corrected chi connectivity index (χ0v) is 94.0. The highest BCUT2D eigenvalue weighted by Crippen LogP contribution is 2.58. The number of ether oxygens (including phenoxy) is 12. The molecule has 0 amide bonds. The van der Waals surface area contributed by atoms with Crippen molar-refractivity contribution >= 4 is 95.0 Å². The summed E-state index contributed by atoms with van der Waals surface area (Å²) in [4.78, 5) is 154. The number of aromatic amines is 6. The molecule has 47 nitrogen and oxygen atoms in total. The molecule has 0 bridgehead atoms. The molecule has 54 heteroatoms. The largest absolute Gasteiger partial charge is 0.394 e. The Hall–Kier alpha value is -6.80. The predicted octanol–water partition coefficient (Wildman–Crippen LogP) is 5.37. The van der Waals surface area contributed by atoms with E-state index in [1.165, 1.54) is 111 Å². The number of rotatable bonds is 34. The maximum absolute atomic E-state index is 12.3. The molecule has 27 atom stereocenters. The number of H-pyrrole nitrogens is 6. The number of nitrogens with zero attached hydrogens (tertiary/aromatic N) is 12. The number of thiol groups is 1. The Bertz CT molecular complexity index is 5160. The first-order valence-electron chi connectivity index (χ1n) is 45.8. The van der Waals surface area contributed by atoms with Gasteiger partial charge in [-0.1, -0.05) is 91.2 Å². The Morgan fingerprint density at radius 1 is 0.462 bits per heavy atom. The van der Waals surface area contributed by atoms with Gasteiger partial charge in [-0.25, -0.2) is 49.4 Å². The summed E-state index contributed by atoms with van der Waals surface area (Å²) in [5.41, 5.74) is -5.93. The second-order valence-electron chi connectivity index (χ2n) is 34.5. The van der Waals surface area contributed by atoms with Crippen LogP contribution in [0.1, 0.15) is 161 Å². The summed E-state index contributed by atoms with van der Waals surface area (Å²) in [5, 5.41) is 44.8. The second kappa shape index (κ2) is 63.9. The molecule has 12 heterocycles. The fraction of sp³-hybridized carbons (Fsp3) is 0.697. The number of aliphatic hydroxyl groups is 3. The third-order valence-corrected chi connectivity index (χ3v) is 32.8. The Morgan fingerprint density at radius 2 is 0.741 bits per heavy atom. The van der Waals surface area contributed by atoms with Gasteiger partial charge in [0.05, 0.1) is 62.3 Å². The van der Waals surface area contributed by atoms with Crippen LogP contribution in [0.25, 0.3) is 4.85 Å². The van der Waals surface area contributed by atoms with E-state index in [2.05, 4.69) is 189 Å². The third kappa shape index (κ3) is 35.4. The predicted molar refractivity (Wildman–Crippen MR) is 563 cm³/mol. The van der Waals surface area contributed by atoms with Crippen LogP contribution in [0.15, 0.2) is 131 Å². The van der Waals surface area contributed by atoms with E-state index in [1.807, 2.05) is 34.6 Å². The summed E-state index contributed by atoms with van der Waals surface area (Å²) in [5.74, 6) is 1.76. The molecule has 6 aliphatic rings. The first-order valence-corrected chi connectivity index (χ1v) is 53.5. The van der Waals surface area contributed by atoms with Gasteiger partial charge in [-0.2, -0.15) is 33.1 Å². The topological polar surface area (TPSA) is 581 Å². The number of nitrogens with one attached hydrogen (secondary N) is 6. The summed E-state index contributed by atoms with van der Waals surface area (Å²) < 4.78 is 95.1. The van der Waals surface area contributed by atoms with E-state index in [-0.39, 0.29) is 82.4 Å². The molecule has 0 spiro atoms. The summed E-state index contributed by atoms with van der Waals surface area (Å²) in [6, 6.07) is 13.4. The van der Waals surface area contributed by atoms with Gasteiger partial charge in [-0.05, 0) is 82.7 Å². The molecule has 0 radical (unpaired) electrons. The van der Waals surface area contributed by atoms with Crippen molar-refractivity contribution in [1.29, 1.82) is 10.5 Å². The monoisotopic (exact) mass is 2340 g/mol. The molecule has 6 aromatic rings. The lowest BCUT2D eigenvalue weighted by molar-refractivity contribution is -0.0625. The Balaban J connectivity index is 0.000000349. The van der Waals surface area contributed by atoms with Crippen molar-refractivity contribution in [2.75, 3.05) is 96.4 Å². The number of aliphatic hydroxyl groups excluding tert-OH is 3. The molecular formula is C89H143I2N18O29P3S2. The lowest BCUT2D eigenvalue weighted by atomic mass is 9.98. The third-order valence-electron chi connectivity index (χ3n) is 23.6. The molecule has 0 saturated carbocycles. The van der Waals surface area contributed by atoms with E-state index in [0.717, 1.165) is 21.5 Å². The highest BCUT2D eigenvalue weighted by molar-refractivity contribution is 14.1. The van der Waals surface area contributed by atoms with Gasteiger partial charge in [0.1, 0.15) is 61.5 Å². The molecule has 6 fully saturated rings. The smallest absolute Gasteiger partial charge is 0.330 e. The summed E-state index contributed by atoms with van der Waals surface area (Å²) in [6.07, 6.45) is 0.234. The Labute approximate surface area is 871 Å². The van der Waals surface area contributed by atoms with Crippen LogP contribution in [0.5, 0.6) is 0 Å². The van der Waals surface area contributed by atoms with Crippen molar-refractivity contribution in [3.63, 3.8) is 0 Å². The molecule has 804 valence electrons. The van der Waals surface area contributed by atoms with Crippen molar-refractivity contribution in [2.45, 2.75) is 277 Å². The van der Waals surface area contributed by atoms with Crippen molar-refractivity contribution in [3.8, 4) is 12.1 Å². The van der Waals surface area contributed by atoms with Crippen LogP contribution < -0.4 is 67.5 Å². The molecule has 143 heavy (non-hydrogen) atoms. The van der Waals surface area contributed by atoms with E-state index in [1.54, 1.807) is 45.9 Å². The van der Waals surface area contributed by atoms with E-state index in [9.17, 15) is 67.7 Å². The number of hydrogen-bond acceptors (Lipinski definition) is 36. The van der Waals surface area contributed by atoms with Gasteiger partial charge in [0, 0.05) is 197 Å². The molecule has 0 aliphatic carbocycles. The number of aromatic nitrogens is 12. The highest BCUT2D eigenvalue weighted by atomic mass is 127. The van der Waals surface area contributed by atoms with Crippen molar-refractivity contribution < 1.29 is 81.2 Å². The van der Waals surface area contributed by atoms with Gasteiger partial charge in [0.15, 0.2) is 53.3 Å². The molecule has 6 aromatic heterocycles. The molecule has 12 rings (SSSR count). The lowest BCUT2D eigenvalue weighted by Crippen LogP contribution is -2.39. The number of nitriles is 2. The Morgan fingerprint density at radius 3 is 1.02 bits per heavy atom. The van der Waals surface area contributed by atoms with Crippen LogP contribution in [-0.2, 0) is 65.9 Å². The molecular weight excluding hydrogens is 2200 g/mol. The first kappa shape index (κ1) is 128. The highest BCUT2D eigenvalue weighted by Gasteiger charge is 2.50. The maximum Gasteiger partial charge on any atom is 0.330 e. The second-order valence-corrected chi connectivity index (χ2v) is 41.9. The standard InChI is InChI=1S/C20H33N4O5PS.C13H28N3OP.C12H18N2O4.C11H15IN2O4.C11H16N2O4S.C10H13IN2O5.C10H14N2O6.C2H3N.H3P/c1-13(2)24(14(3)4)30(28-11-9-21-6)31-12-16-15(5)18(27-7)19(29-16)23-10-8-17(25)22-20(23)26;1-11(2)15(7)18(17-10-8-9-14)16(12(3)4)13(5)6;1-4-8-7(2)10(17-3)11(18-8)14-6-5-9(15)13-12(14)16;1-6-7(5-12)18-10(9(6)17-2)14-4-3-8(15)13-11(14)16;1-6-7(5-18)17-10(9(6)16-2)13-4-3-8(14)12-11(13)15;1-17-8-7(15)5(4-11)18-9(8)13-3-2-6(14)12-10(13)16;1-17-8-7(15)5(4-13)18-9(8)12-3-2-6(14)11-10(12)16;1-2-3;/h8,10,13-16,18-19H,9,11-12H2,1-5,7H3,(H,22,25,26);11-13H,8,10H2,1-7H3;5-8,10-11H,4H2,1-3H3,(H,13,15,16);3-4,6-7,9-10H,5H2,1-2H3,(H,13,15,16);3-4,6-7,9-10,18H,5H2,1-2H3,(H,12,14,15);2-3,5,7-9,15H,4H2,1H3,(H,12,14,16);2-3,5,7-9,13,15H,4H2,1H3,(H,11,14,16);1H3;1H3/t15-,16-,18-,19-,30?;;7-,8-,10-,11-;2*6-,7-,9-,10-;2*5-,7-,8-,9-;;/m1.11111../s1. The summed E-state index contributed by atoms with van der Waals surface area (Å²) >= 11 is 10.3. The first-order chi connectivity index (χ1) is 67.3. The number of alkyl halides is 2. The molecule has 6 saturated heterocycles. The molecule has 9 N–H and O–H groups in total. The average molecular weight is 2340 g/mol. The fourth-order valence-corrected chi connectivity index (χ4v) is 25.3. The number of hydrogen-bond donors (Lipinski definition) is 10. The Kier molecular flexibility index (Phi) is 57.4. The van der Waals surface area contributed by atoms with Crippen LogP contribution in [-0.4, -0.2) is 299 Å². The van der Waals surface area contributed by atoms with Gasteiger partial charge in [0.2, 0.25) is 6.54 Å². The van der Waals surface area contributed by atoms with E-state index < -0.39 is 164 Å². The molecule has 0 aromatic carbocycles.